The van der Waals surface area contributed by atoms with Crippen LogP contribution in [0.2, 0.25) is 5.02 Å². The van der Waals surface area contributed by atoms with Gasteiger partial charge >= 0.3 is 0 Å². The lowest BCUT2D eigenvalue weighted by Gasteiger charge is -2.17. The predicted molar refractivity (Wildman–Crippen MR) is 121 cm³/mol. The smallest absolute Gasteiger partial charge is 0.267 e. The van der Waals surface area contributed by atoms with E-state index in [1.807, 2.05) is 24.3 Å². The highest BCUT2D eigenvalue weighted by atomic mass is 35.5. The number of halogens is 1. The summed E-state index contributed by atoms with van der Waals surface area (Å²) in [6, 6.07) is 14.5. The Kier molecular flexibility index (Phi) is 7.25. The van der Waals surface area contributed by atoms with Gasteiger partial charge in [-0.15, -0.1) is 11.3 Å². The number of carbonyl (C=O) groups is 2. The molecule has 0 saturated heterocycles. The average molecular weight is 430 g/mol. The van der Waals surface area contributed by atoms with Crippen molar-refractivity contribution in [1.29, 1.82) is 0 Å². The Morgan fingerprint density at radius 3 is 2.34 bits per heavy atom. The second-order valence-corrected chi connectivity index (χ2v) is 7.99. The summed E-state index contributed by atoms with van der Waals surface area (Å²) in [5, 5.41) is 7.11. The van der Waals surface area contributed by atoms with Crippen molar-refractivity contribution in [3.63, 3.8) is 0 Å². The zero-order chi connectivity index (χ0) is 20.8. The van der Waals surface area contributed by atoms with Crippen LogP contribution in [0.5, 0.6) is 0 Å². The number of carbonyl (C=O) groups excluding carboxylic acids is 2. The zero-order valence-corrected chi connectivity index (χ0v) is 18.1. The van der Waals surface area contributed by atoms with Crippen LogP contribution in [0.4, 0.5) is 5.69 Å². The summed E-state index contributed by atoms with van der Waals surface area (Å²) in [5.41, 5.74) is 1.17. The molecule has 0 bridgehead atoms. The molecule has 2 N–H and O–H groups in total. The van der Waals surface area contributed by atoms with E-state index in [2.05, 4.69) is 29.4 Å². The molecular weight excluding hydrogens is 406 g/mol. The number of fused-ring (bicyclic) bond motifs is 1. The Morgan fingerprint density at radius 2 is 1.69 bits per heavy atom. The molecule has 1 aromatic heterocycles. The number of nitrogens with one attached hydrogen (secondary N) is 2. The normalized spacial score (nSPS) is 11.0. The van der Waals surface area contributed by atoms with Crippen molar-refractivity contribution < 1.29 is 9.59 Å². The van der Waals surface area contributed by atoms with Gasteiger partial charge in [0.2, 0.25) is 0 Å². The topological polar surface area (TPSA) is 61.4 Å². The number of nitrogens with zero attached hydrogens (tertiary/aromatic N) is 1. The van der Waals surface area contributed by atoms with Crippen molar-refractivity contribution in [2.75, 3.05) is 31.5 Å². The lowest BCUT2D eigenvalue weighted by molar-refractivity contribution is 0.0948. The van der Waals surface area contributed by atoms with Crippen molar-refractivity contribution in [3.05, 3.63) is 64.0 Å². The van der Waals surface area contributed by atoms with E-state index in [4.69, 9.17) is 11.6 Å². The molecule has 1 heterocycles. The van der Waals surface area contributed by atoms with Gasteiger partial charge in [0.25, 0.3) is 11.8 Å². The van der Waals surface area contributed by atoms with Crippen molar-refractivity contribution in [1.82, 2.24) is 10.2 Å². The maximum Gasteiger partial charge on any atom is 0.267 e. The molecule has 0 aliphatic rings. The largest absolute Gasteiger partial charge is 0.351 e. The molecule has 2 amide bonds. The van der Waals surface area contributed by atoms with Crippen molar-refractivity contribution in [2.45, 2.75) is 13.8 Å². The first kappa shape index (κ1) is 21.3. The molecule has 3 rings (SSSR count). The molecule has 0 aliphatic heterocycles. The van der Waals surface area contributed by atoms with E-state index in [0.29, 0.717) is 27.7 Å². The molecule has 0 saturated carbocycles. The Bertz CT molecular complexity index is 997. The summed E-state index contributed by atoms with van der Waals surface area (Å²) in [4.78, 5) is 27.6. The highest BCUT2D eigenvalue weighted by Gasteiger charge is 2.17. The van der Waals surface area contributed by atoms with Crippen LogP contribution < -0.4 is 10.6 Å². The quantitative estimate of drug-likeness (QED) is 0.536. The third-order valence-electron chi connectivity index (χ3n) is 4.75. The molecule has 29 heavy (non-hydrogen) atoms. The molecular formula is C22H24ClN3O2S. The Labute approximate surface area is 179 Å². The second-order valence-electron chi connectivity index (χ2n) is 6.56. The number of anilines is 1. The summed E-state index contributed by atoms with van der Waals surface area (Å²) < 4.78 is 0.972. The number of benzene rings is 2. The highest BCUT2D eigenvalue weighted by Crippen LogP contribution is 2.35. The van der Waals surface area contributed by atoms with Gasteiger partial charge < -0.3 is 15.5 Å². The molecule has 3 aromatic rings. The number of hydrogen-bond donors (Lipinski definition) is 2. The molecule has 2 aromatic carbocycles. The van der Waals surface area contributed by atoms with Crippen molar-refractivity contribution in [3.8, 4) is 0 Å². The number of thiophene rings is 1. The third-order valence-corrected chi connectivity index (χ3v) is 6.43. The Balaban J connectivity index is 1.60. The highest BCUT2D eigenvalue weighted by molar-refractivity contribution is 7.21. The van der Waals surface area contributed by atoms with E-state index in [1.54, 1.807) is 24.3 Å². The first-order valence-corrected chi connectivity index (χ1v) is 10.8. The van der Waals surface area contributed by atoms with Crippen LogP contribution in [-0.2, 0) is 0 Å². The minimum absolute atomic E-state index is 0.123. The summed E-state index contributed by atoms with van der Waals surface area (Å²) in [5.74, 6) is -0.379. The van der Waals surface area contributed by atoms with Crippen LogP contribution in [-0.4, -0.2) is 42.9 Å². The van der Waals surface area contributed by atoms with Gasteiger partial charge in [0.1, 0.15) is 4.88 Å². The molecule has 0 unspecified atom stereocenters. The third kappa shape index (κ3) is 5.15. The van der Waals surface area contributed by atoms with Gasteiger partial charge in [0, 0.05) is 34.4 Å². The van der Waals surface area contributed by atoms with Gasteiger partial charge in [0.05, 0.1) is 5.02 Å². The van der Waals surface area contributed by atoms with Crippen LogP contribution in [0, 0.1) is 0 Å². The summed E-state index contributed by atoms with van der Waals surface area (Å²) >= 11 is 7.73. The van der Waals surface area contributed by atoms with E-state index in [-0.39, 0.29) is 11.8 Å². The second kappa shape index (κ2) is 9.87. The van der Waals surface area contributed by atoms with Gasteiger partial charge in [-0.05, 0) is 43.4 Å². The maximum absolute atomic E-state index is 12.6. The van der Waals surface area contributed by atoms with Crippen LogP contribution in [0.15, 0.2) is 48.5 Å². The average Bonchev–Trinajstić information content (AvgIpc) is 3.08. The summed E-state index contributed by atoms with van der Waals surface area (Å²) in [6.45, 7) is 7.55. The Morgan fingerprint density at radius 1 is 1.00 bits per heavy atom. The van der Waals surface area contributed by atoms with Gasteiger partial charge in [-0.1, -0.05) is 43.6 Å². The fourth-order valence-electron chi connectivity index (χ4n) is 3.02. The van der Waals surface area contributed by atoms with Crippen molar-refractivity contribution >= 4 is 50.5 Å². The standard InChI is InChI=1S/C22H24ClN3O2S/c1-3-26(4-2)14-13-24-21(27)15-9-11-16(12-10-15)25-22(28)20-19(23)17-7-5-6-8-18(17)29-20/h5-12H,3-4,13-14H2,1-2H3,(H,24,27)(H,25,28). The summed E-state index contributed by atoms with van der Waals surface area (Å²) in [7, 11) is 0. The van der Waals surface area contributed by atoms with Crippen molar-refractivity contribution in [2.24, 2.45) is 0 Å². The van der Waals surface area contributed by atoms with Gasteiger partial charge in [-0.3, -0.25) is 9.59 Å². The zero-order valence-electron chi connectivity index (χ0n) is 16.5. The first-order valence-electron chi connectivity index (χ1n) is 9.62. The first-order chi connectivity index (χ1) is 14.0. The molecule has 0 fully saturated rings. The van der Waals surface area contributed by atoms with Crippen LogP contribution in [0.3, 0.4) is 0 Å². The molecule has 5 nitrogen and oxygen atoms in total. The molecule has 0 aliphatic carbocycles. The molecule has 0 atom stereocenters. The minimum atomic E-state index is -0.257. The molecule has 0 spiro atoms. The number of amides is 2. The maximum atomic E-state index is 12.6. The SMILES string of the molecule is CCN(CC)CCNC(=O)c1ccc(NC(=O)c2sc3ccccc3c2Cl)cc1. The van der Waals surface area contributed by atoms with Crippen LogP contribution in [0.25, 0.3) is 10.1 Å². The monoisotopic (exact) mass is 429 g/mol. The van der Waals surface area contributed by atoms with Gasteiger partial charge in [0.15, 0.2) is 0 Å². The van der Waals surface area contributed by atoms with Crippen LogP contribution >= 0.6 is 22.9 Å². The fraction of sp³-hybridized carbons (Fsp3) is 0.273. The number of hydrogen-bond acceptors (Lipinski definition) is 4. The number of likely N-dealkylation sites (N-methyl/N-ethyl adjacent to an activating group) is 1. The predicted octanol–water partition coefficient (Wildman–Crippen LogP) is 4.88. The Hall–Kier alpha value is -2.41. The molecule has 7 heteroatoms. The van der Waals surface area contributed by atoms with Gasteiger partial charge in [-0.25, -0.2) is 0 Å². The lowest BCUT2D eigenvalue weighted by atomic mass is 10.2. The van der Waals surface area contributed by atoms with E-state index in [0.717, 1.165) is 29.7 Å². The van der Waals surface area contributed by atoms with E-state index < -0.39 is 0 Å². The molecule has 152 valence electrons. The van der Waals surface area contributed by atoms with E-state index >= 15 is 0 Å². The molecule has 0 radical (unpaired) electrons. The number of rotatable bonds is 8. The minimum Gasteiger partial charge on any atom is -0.351 e. The lowest BCUT2D eigenvalue weighted by Crippen LogP contribution is -2.34. The fourth-order valence-corrected chi connectivity index (χ4v) is 4.43. The van der Waals surface area contributed by atoms with Crippen LogP contribution in [0.1, 0.15) is 33.9 Å². The summed E-state index contributed by atoms with van der Waals surface area (Å²) in [6.07, 6.45) is 0. The van der Waals surface area contributed by atoms with Gasteiger partial charge in [-0.2, -0.15) is 0 Å². The van der Waals surface area contributed by atoms with E-state index in [9.17, 15) is 9.59 Å². The van der Waals surface area contributed by atoms with E-state index in [1.165, 1.54) is 11.3 Å².